The summed E-state index contributed by atoms with van der Waals surface area (Å²) in [5.74, 6) is -1.01. The van der Waals surface area contributed by atoms with Gasteiger partial charge in [0.2, 0.25) is 0 Å². The molecule has 0 aromatic carbocycles. The first-order valence-corrected chi connectivity index (χ1v) is 7.37. The second-order valence-corrected chi connectivity index (χ2v) is 6.07. The topological polar surface area (TPSA) is 73.7 Å². The molecule has 0 saturated carbocycles. The number of hydrogen-bond acceptors (Lipinski definition) is 6. The molecule has 5 nitrogen and oxygen atoms in total. The molecule has 2 rings (SSSR count). The van der Waals surface area contributed by atoms with E-state index < -0.39 is 5.97 Å². The summed E-state index contributed by atoms with van der Waals surface area (Å²) in [6, 6.07) is 3.84. The predicted octanol–water partition coefficient (Wildman–Crippen LogP) is 1.99. The third-order valence-electron chi connectivity index (χ3n) is 2.53. The minimum Gasteiger partial charge on any atom is -0.476 e. The maximum atomic E-state index is 11.2. The van der Waals surface area contributed by atoms with Crippen LogP contribution in [0.4, 0.5) is 0 Å². The summed E-state index contributed by atoms with van der Waals surface area (Å²) in [4.78, 5) is 19.0. The first-order valence-electron chi connectivity index (χ1n) is 5.68. The lowest BCUT2D eigenvalue weighted by molar-refractivity contribution is 0.0689. The normalized spacial score (nSPS) is 11.1. The van der Waals surface area contributed by atoms with Crippen molar-refractivity contribution in [2.75, 3.05) is 20.2 Å². The standard InChI is InChI=1S/C12H14N2O3S2/c1-14(4-5-15)7-9-10(12(16)17)13-11(19-9)8-3-2-6-18-8/h2-3,6,15H,4-5,7H2,1H3,(H,16,17). The molecule has 0 bridgehead atoms. The van der Waals surface area contributed by atoms with Crippen molar-refractivity contribution in [1.82, 2.24) is 9.88 Å². The zero-order valence-corrected chi connectivity index (χ0v) is 12.0. The van der Waals surface area contributed by atoms with Gasteiger partial charge < -0.3 is 10.2 Å². The largest absolute Gasteiger partial charge is 0.476 e. The molecule has 0 fully saturated rings. The van der Waals surface area contributed by atoms with Gasteiger partial charge in [0.15, 0.2) is 5.69 Å². The van der Waals surface area contributed by atoms with Gasteiger partial charge >= 0.3 is 5.97 Å². The Bertz CT molecular complexity index is 551. The summed E-state index contributed by atoms with van der Waals surface area (Å²) in [6.07, 6.45) is 0. The number of hydrogen-bond donors (Lipinski definition) is 2. The van der Waals surface area contributed by atoms with Crippen molar-refractivity contribution in [2.24, 2.45) is 0 Å². The molecule has 0 aliphatic heterocycles. The van der Waals surface area contributed by atoms with E-state index in [0.717, 1.165) is 9.88 Å². The Morgan fingerprint density at radius 1 is 1.53 bits per heavy atom. The van der Waals surface area contributed by atoms with Gasteiger partial charge in [0.1, 0.15) is 5.01 Å². The highest BCUT2D eigenvalue weighted by molar-refractivity contribution is 7.21. The summed E-state index contributed by atoms with van der Waals surface area (Å²) in [5.41, 5.74) is 0.109. The van der Waals surface area contributed by atoms with Crippen molar-refractivity contribution in [3.63, 3.8) is 0 Å². The highest BCUT2D eigenvalue weighted by Gasteiger charge is 2.19. The highest BCUT2D eigenvalue weighted by atomic mass is 32.1. The number of likely N-dealkylation sites (N-methyl/N-ethyl adjacent to an activating group) is 1. The summed E-state index contributed by atoms with van der Waals surface area (Å²) < 4.78 is 0. The summed E-state index contributed by atoms with van der Waals surface area (Å²) >= 11 is 2.94. The molecular formula is C12H14N2O3S2. The van der Waals surface area contributed by atoms with Crippen molar-refractivity contribution in [1.29, 1.82) is 0 Å². The van der Waals surface area contributed by atoms with Gasteiger partial charge in [0.25, 0.3) is 0 Å². The fraction of sp³-hybridized carbons (Fsp3) is 0.333. The van der Waals surface area contributed by atoms with Gasteiger partial charge in [0, 0.05) is 13.1 Å². The molecule has 2 aromatic rings. The van der Waals surface area contributed by atoms with E-state index in [9.17, 15) is 9.90 Å². The lowest BCUT2D eigenvalue weighted by Gasteiger charge is -2.13. The molecule has 0 saturated heterocycles. The molecule has 0 aliphatic carbocycles. The van der Waals surface area contributed by atoms with Crippen molar-refractivity contribution >= 4 is 28.6 Å². The molecule has 19 heavy (non-hydrogen) atoms. The fourth-order valence-corrected chi connectivity index (χ4v) is 3.56. The zero-order chi connectivity index (χ0) is 13.8. The first-order chi connectivity index (χ1) is 9.11. The summed E-state index contributed by atoms with van der Waals surface area (Å²) in [7, 11) is 1.84. The molecule has 102 valence electrons. The molecule has 2 N–H and O–H groups in total. The van der Waals surface area contributed by atoms with Gasteiger partial charge in [-0.3, -0.25) is 4.90 Å². The van der Waals surface area contributed by atoms with Crippen molar-refractivity contribution < 1.29 is 15.0 Å². The van der Waals surface area contributed by atoms with Crippen LogP contribution < -0.4 is 0 Å². The van der Waals surface area contributed by atoms with Crippen LogP contribution in [0, 0.1) is 0 Å². The summed E-state index contributed by atoms with van der Waals surface area (Å²) in [5, 5.41) is 20.8. The number of aromatic carboxylic acids is 1. The molecule has 0 radical (unpaired) electrons. The number of carboxylic acid groups (broad SMARTS) is 1. The Morgan fingerprint density at radius 2 is 2.32 bits per heavy atom. The first kappa shape index (κ1) is 14.1. The smallest absolute Gasteiger partial charge is 0.355 e. The average molecular weight is 298 g/mol. The van der Waals surface area contributed by atoms with Gasteiger partial charge in [-0.1, -0.05) is 6.07 Å². The van der Waals surface area contributed by atoms with Crippen LogP contribution in [-0.4, -0.2) is 46.3 Å². The van der Waals surface area contributed by atoms with Crippen molar-refractivity contribution in [3.8, 4) is 9.88 Å². The number of carboxylic acids is 1. The monoisotopic (exact) mass is 298 g/mol. The average Bonchev–Trinajstić information content (AvgIpc) is 2.96. The third-order valence-corrected chi connectivity index (χ3v) is 4.61. The third kappa shape index (κ3) is 3.38. The van der Waals surface area contributed by atoms with Gasteiger partial charge in [0.05, 0.1) is 16.4 Å². The zero-order valence-electron chi connectivity index (χ0n) is 10.4. The molecule has 0 unspecified atom stereocenters. The van der Waals surface area contributed by atoms with Crippen LogP contribution in [0.2, 0.25) is 0 Å². The van der Waals surface area contributed by atoms with Crippen LogP contribution in [0.5, 0.6) is 0 Å². The Balaban J connectivity index is 2.28. The number of aliphatic hydroxyl groups excluding tert-OH is 1. The van der Waals surface area contributed by atoms with E-state index in [0.29, 0.717) is 18.0 Å². The van der Waals surface area contributed by atoms with Crippen LogP contribution >= 0.6 is 22.7 Å². The molecule has 2 heterocycles. The molecule has 0 amide bonds. The van der Waals surface area contributed by atoms with Crippen LogP contribution in [0.25, 0.3) is 9.88 Å². The summed E-state index contributed by atoms with van der Waals surface area (Å²) in [6.45, 7) is 1.03. The van der Waals surface area contributed by atoms with Crippen LogP contribution in [0.15, 0.2) is 17.5 Å². The number of aromatic nitrogens is 1. The van der Waals surface area contributed by atoms with Crippen LogP contribution in [-0.2, 0) is 6.54 Å². The molecule has 0 atom stereocenters. The predicted molar refractivity (Wildman–Crippen MR) is 75.8 cm³/mol. The second-order valence-electron chi connectivity index (χ2n) is 4.03. The van der Waals surface area contributed by atoms with Crippen LogP contribution in [0.1, 0.15) is 15.4 Å². The highest BCUT2D eigenvalue weighted by Crippen LogP contribution is 2.31. The van der Waals surface area contributed by atoms with E-state index in [1.807, 2.05) is 29.5 Å². The lowest BCUT2D eigenvalue weighted by atomic mass is 10.3. The Morgan fingerprint density at radius 3 is 2.89 bits per heavy atom. The van der Waals surface area contributed by atoms with Crippen LogP contribution in [0.3, 0.4) is 0 Å². The number of thiophene rings is 1. The van der Waals surface area contributed by atoms with Crippen molar-refractivity contribution in [2.45, 2.75) is 6.54 Å². The molecular weight excluding hydrogens is 284 g/mol. The Labute approximate surface area is 118 Å². The van der Waals surface area contributed by atoms with E-state index in [2.05, 4.69) is 4.98 Å². The molecule has 2 aromatic heterocycles. The minimum atomic E-state index is -1.01. The van der Waals surface area contributed by atoms with E-state index in [1.54, 1.807) is 11.3 Å². The number of nitrogens with zero attached hydrogens (tertiary/aromatic N) is 2. The Kier molecular flexibility index (Phi) is 4.65. The lowest BCUT2D eigenvalue weighted by Crippen LogP contribution is -2.22. The van der Waals surface area contributed by atoms with Gasteiger partial charge in [-0.05, 0) is 18.5 Å². The quantitative estimate of drug-likeness (QED) is 0.853. The molecule has 0 spiro atoms. The molecule has 0 aliphatic rings. The maximum absolute atomic E-state index is 11.2. The Hall–Kier alpha value is -1.28. The maximum Gasteiger partial charge on any atom is 0.355 e. The van der Waals surface area contributed by atoms with Crippen molar-refractivity contribution in [3.05, 3.63) is 28.1 Å². The number of aliphatic hydroxyl groups is 1. The van der Waals surface area contributed by atoms with Gasteiger partial charge in [-0.25, -0.2) is 9.78 Å². The van der Waals surface area contributed by atoms with Gasteiger partial charge in [-0.15, -0.1) is 22.7 Å². The van der Waals surface area contributed by atoms with E-state index in [4.69, 9.17) is 5.11 Å². The fourth-order valence-electron chi connectivity index (χ4n) is 1.63. The number of rotatable bonds is 6. The van der Waals surface area contributed by atoms with E-state index >= 15 is 0 Å². The number of thiazole rings is 1. The van der Waals surface area contributed by atoms with E-state index in [-0.39, 0.29) is 12.3 Å². The second kappa shape index (κ2) is 6.25. The number of carbonyl (C=O) groups is 1. The SMILES string of the molecule is CN(CCO)Cc1sc(-c2cccs2)nc1C(=O)O. The molecule has 7 heteroatoms. The van der Waals surface area contributed by atoms with Gasteiger partial charge in [-0.2, -0.15) is 0 Å². The van der Waals surface area contributed by atoms with E-state index in [1.165, 1.54) is 11.3 Å². The minimum absolute atomic E-state index is 0.0511.